The Labute approximate surface area is 197 Å². The normalized spacial score (nSPS) is 11.3. The molecule has 8 heteroatoms. The van der Waals surface area contributed by atoms with E-state index in [0.29, 0.717) is 18.1 Å². The van der Waals surface area contributed by atoms with Gasteiger partial charge in [0, 0.05) is 10.6 Å². The van der Waals surface area contributed by atoms with E-state index >= 15 is 0 Å². The highest BCUT2D eigenvalue weighted by Gasteiger charge is 2.29. The zero-order valence-electron chi connectivity index (χ0n) is 17.1. The number of hydrogen-bond donors (Lipinski definition) is 0. The Morgan fingerprint density at radius 2 is 1.75 bits per heavy atom. The van der Waals surface area contributed by atoms with Crippen molar-refractivity contribution in [1.29, 1.82) is 0 Å². The van der Waals surface area contributed by atoms with E-state index in [1.54, 1.807) is 24.8 Å². The van der Waals surface area contributed by atoms with Crippen molar-refractivity contribution in [3.8, 4) is 16.9 Å². The Bertz CT molecular complexity index is 1070. The summed E-state index contributed by atoms with van der Waals surface area (Å²) in [5.41, 5.74) is 1.98. The van der Waals surface area contributed by atoms with Gasteiger partial charge in [0.2, 0.25) is 0 Å². The Morgan fingerprint density at radius 1 is 1.00 bits per heavy atom. The summed E-state index contributed by atoms with van der Waals surface area (Å²) in [6, 6.07) is 18.5. The third-order valence-corrected chi connectivity index (χ3v) is 6.12. The molecular weight excluding hydrogens is 505 g/mol. The van der Waals surface area contributed by atoms with E-state index in [4.69, 9.17) is 9.47 Å². The van der Waals surface area contributed by atoms with Gasteiger partial charge in [0.15, 0.2) is 6.61 Å². The fourth-order valence-electron chi connectivity index (χ4n) is 2.89. The highest BCUT2D eigenvalue weighted by atomic mass is 79.9. The van der Waals surface area contributed by atoms with Gasteiger partial charge >= 0.3 is 12.1 Å². The first kappa shape index (κ1) is 24.2. The maximum absolute atomic E-state index is 12.8. The minimum absolute atomic E-state index is 0.157. The molecule has 0 aliphatic carbocycles. The van der Waals surface area contributed by atoms with Crippen LogP contribution in [0.5, 0.6) is 5.75 Å². The Kier molecular flexibility index (Phi) is 8.26. The summed E-state index contributed by atoms with van der Waals surface area (Å²) in [6.45, 7) is 1.88. The van der Waals surface area contributed by atoms with E-state index in [0.717, 1.165) is 38.2 Å². The molecule has 0 fully saturated rings. The molecule has 3 aromatic rings. The number of rotatable bonds is 8. The highest BCUT2D eigenvalue weighted by Crippen LogP contribution is 2.33. The van der Waals surface area contributed by atoms with E-state index < -0.39 is 17.7 Å². The lowest BCUT2D eigenvalue weighted by Gasteiger charge is -2.10. The molecule has 0 bridgehead atoms. The molecule has 0 radical (unpaired) electrons. The van der Waals surface area contributed by atoms with Crippen LogP contribution < -0.4 is 4.74 Å². The minimum atomic E-state index is -4.34. The third-order valence-electron chi connectivity index (χ3n) is 4.43. The number of carbonyl (C=O) groups excluding carboxylic acids is 1. The summed E-state index contributed by atoms with van der Waals surface area (Å²) in [4.78, 5) is 12.4. The fraction of sp³-hybridized carbons (Fsp3) is 0.208. The molecule has 32 heavy (non-hydrogen) atoms. The maximum atomic E-state index is 12.8. The molecule has 3 aromatic carbocycles. The van der Waals surface area contributed by atoms with Crippen LogP contribution >= 0.6 is 27.7 Å². The van der Waals surface area contributed by atoms with Gasteiger partial charge in [0.05, 0.1) is 16.6 Å². The quantitative estimate of drug-likeness (QED) is 0.227. The summed E-state index contributed by atoms with van der Waals surface area (Å²) in [5, 5.41) is 0. The molecule has 168 valence electrons. The van der Waals surface area contributed by atoms with Gasteiger partial charge in [0.1, 0.15) is 5.75 Å². The molecular formula is C24H20BrF3O3S. The zero-order valence-corrected chi connectivity index (χ0v) is 19.5. The lowest BCUT2D eigenvalue weighted by Crippen LogP contribution is -2.14. The molecule has 0 saturated heterocycles. The number of hydrogen-bond acceptors (Lipinski definition) is 4. The van der Waals surface area contributed by atoms with Crippen LogP contribution in [0.3, 0.4) is 0 Å². The number of carbonyl (C=O) groups is 1. The first-order valence-corrected chi connectivity index (χ1v) is 11.5. The first-order valence-electron chi connectivity index (χ1n) is 9.73. The summed E-state index contributed by atoms with van der Waals surface area (Å²) in [5.74, 6) is 0.807. The monoisotopic (exact) mass is 524 g/mol. The van der Waals surface area contributed by atoms with Gasteiger partial charge in [0.25, 0.3) is 0 Å². The standard InChI is InChI=1S/C24H20BrF3O3S/c1-2-30-23(29)14-31-22-11-10-20(13-21(22)25)32-15-16-4-3-5-18(12-16)17-6-8-19(9-7-17)24(26,27)28/h3-13H,2,14-15H2,1H3. The van der Waals surface area contributed by atoms with Crippen LogP contribution in [-0.2, 0) is 21.5 Å². The van der Waals surface area contributed by atoms with Gasteiger partial charge in [-0.2, -0.15) is 13.2 Å². The molecule has 0 unspecified atom stereocenters. The molecule has 0 aliphatic heterocycles. The predicted octanol–water partition coefficient (Wildman–Crippen LogP) is 7.37. The van der Waals surface area contributed by atoms with Crippen LogP contribution in [0.1, 0.15) is 18.1 Å². The lowest BCUT2D eigenvalue weighted by molar-refractivity contribution is -0.145. The van der Waals surface area contributed by atoms with E-state index in [-0.39, 0.29) is 6.61 Å². The highest BCUT2D eigenvalue weighted by molar-refractivity contribution is 9.10. The van der Waals surface area contributed by atoms with Crippen LogP contribution in [0, 0.1) is 0 Å². The van der Waals surface area contributed by atoms with Crippen LogP contribution in [0.4, 0.5) is 13.2 Å². The molecule has 3 rings (SSSR count). The SMILES string of the molecule is CCOC(=O)COc1ccc(SCc2cccc(-c3ccc(C(F)(F)F)cc3)c2)cc1Br. The molecule has 0 amide bonds. The van der Waals surface area contributed by atoms with Crippen molar-refractivity contribution in [2.75, 3.05) is 13.2 Å². The molecule has 0 aromatic heterocycles. The average molecular weight is 525 g/mol. The second-order valence-electron chi connectivity index (χ2n) is 6.75. The lowest BCUT2D eigenvalue weighted by atomic mass is 10.0. The van der Waals surface area contributed by atoms with Crippen LogP contribution in [-0.4, -0.2) is 19.2 Å². The number of ether oxygens (including phenoxy) is 2. The van der Waals surface area contributed by atoms with Crippen LogP contribution in [0.2, 0.25) is 0 Å². The second kappa shape index (κ2) is 10.9. The minimum Gasteiger partial charge on any atom is -0.481 e. The molecule has 0 saturated carbocycles. The number of alkyl halides is 3. The number of benzene rings is 3. The van der Waals surface area contributed by atoms with Gasteiger partial charge in [-0.3, -0.25) is 0 Å². The van der Waals surface area contributed by atoms with E-state index in [1.807, 2.05) is 36.4 Å². The van der Waals surface area contributed by atoms with E-state index in [9.17, 15) is 18.0 Å². The van der Waals surface area contributed by atoms with Gasteiger partial charge in [-0.15, -0.1) is 11.8 Å². The average Bonchev–Trinajstić information content (AvgIpc) is 2.77. The molecule has 0 spiro atoms. The van der Waals surface area contributed by atoms with Gasteiger partial charge in [-0.05, 0) is 69.9 Å². The van der Waals surface area contributed by atoms with E-state index in [1.165, 1.54) is 12.1 Å². The molecule has 0 aliphatic rings. The van der Waals surface area contributed by atoms with Crippen molar-refractivity contribution in [3.05, 3.63) is 82.3 Å². The zero-order chi connectivity index (χ0) is 23.1. The Balaban J connectivity index is 1.63. The van der Waals surface area contributed by atoms with Gasteiger partial charge in [-0.1, -0.05) is 36.4 Å². The van der Waals surface area contributed by atoms with E-state index in [2.05, 4.69) is 15.9 Å². The van der Waals surface area contributed by atoms with Gasteiger partial charge < -0.3 is 9.47 Å². The van der Waals surface area contributed by atoms with Crippen molar-refractivity contribution in [2.45, 2.75) is 23.7 Å². The Hall–Kier alpha value is -2.45. The van der Waals surface area contributed by atoms with Crippen LogP contribution in [0.15, 0.2) is 76.1 Å². The number of esters is 1. The molecule has 3 nitrogen and oxygen atoms in total. The maximum Gasteiger partial charge on any atom is 0.416 e. The molecule has 0 atom stereocenters. The fourth-order valence-corrected chi connectivity index (χ4v) is 4.41. The number of halogens is 4. The summed E-state index contributed by atoms with van der Waals surface area (Å²) >= 11 is 5.07. The molecule has 0 heterocycles. The predicted molar refractivity (Wildman–Crippen MR) is 123 cm³/mol. The van der Waals surface area contributed by atoms with Gasteiger partial charge in [-0.25, -0.2) is 4.79 Å². The van der Waals surface area contributed by atoms with Crippen molar-refractivity contribution in [3.63, 3.8) is 0 Å². The molecule has 0 N–H and O–H groups in total. The van der Waals surface area contributed by atoms with Crippen molar-refractivity contribution < 1.29 is 27.4 Å². The van der Waals surface area contributed by atoms with Crippen molar-refractivity contribution >= 4 is 33.7 Å². The summed E-state index contributed by atoms with van der Waals surface area (Å²) in [6.07, 6.45) is -4.34. The van der Waals surface area contributed by atoms with Crippen molar-refractivity contribution in [2.24, 2.45) is 0 Å². The number of thioether (sulfide) groups is 1. The first-order chi connectivity index (χ1) is 15.3. The topological polar surface area (TPSA) is 35.5 Å². The Morgan fingerprint density at radius 3 is 2.41 bits per heavy atom. The largest absolute Gasteiger partial charge is 0.481 e. The van der Waals surface area contributed by atoms with Crippen molar-refractivity contribution in [1.82, 2.24) is 0 Å². The summed E-state index contributed by atoms with van der Waals surface area (Å²) < 4.78 is 49.4. The summed E-state index contributed by atoms with van der Waals surface area (Å²) in [7, 11) is 0. The smallest absolute Gasteiger partial charge is 0.416 e. The van der Waals surface area contributed by atoms with Crippen LogP contribution in [0.25, 0.3) is 11.1 Å². The third kappa shape index (κ3) is 6.77. The second-order valence-corrected chi connectivity index (χ2v) is 8.65.